The van der Waals surface area contributed by atoms with Gasteiger partial charge in [-0.25, -0.2) is 0 Å². The van der Waals surface area contributed by atoms with Crippen LogP contribution in [0.4, 0.5) is 5.69 Å². The summed E-state index contributed by atoms with van der Waals surface area (Å²) in [5.74, 6) is 0.542. The van der Waals surface area contributed by atoms with E-state index in [0.717, 1.165) is 17.0 Å². The Labute approximate surface area is 99.7 Å². The van der Waals surface area contributed by atoms with E-state index in [1.165, 1.54) is 0 Å². The summed E-state index contributed by atoms with van der Waals surface area (Å²) in [6, 6.07) is 5.76. The van der Waals surface area contributed by atoms with Crippen molar-refractivity contribution in [3.63, 3.8) is 0 Å². The molecule has 0 aliphatic carbocycles. The van der Waals surface area contributed by atoms with Gasteiger partial charge in [0.25, 0.3) is 0 Å². The Bertz CT molecular complexity index is 554. The van der Waals surface area contributed by atoms with Gasteiger partial charge in [0.05, 0.1) is 17.1 Å². The molecular formula is C12H14N4O. The van der Waals surface area contributed by atoms with Crippen LogP contribution in [0.15, 0.2) is 18.2 Å². The molecule has 0 saturated heterocycles. The highest BCUT2D eigenvalue weighted by atomic mass is 16.5. The number of aromatic nitrogens is 3. The Morgan fingerprint density at radius 2 is 1.82 bits per heavy atom. The number of aryl methyl sites for hydroxylation is 3. The number of nitrogens with zero attached hydrogens (tertiary/aromatic N) is 3. The fraction of sp³-hybridized carbons (Fsp3) is 0.250. The molecule has 2 N–H and O–H groups in total. The standard InChI is InChI=1S/C12H14N4O/c1-7-4-5-11(10(13)6-7)17-12-14-8(2)9(3)15-16-12/h4-6H,13H2,1-3H3. The van der Waals surface area contributed by atoms with Gasteiger partial charge in [0.1, 0.15) is 0 Å². The predicted octanol–water partition coefficient (Wildman–Crippen LogP) is 2.17. The van der Waals surface area contributed by atoms with Gasteiger partial charge < -0.3 is 10.5 Å². The molecule has 17 heavy (non-hydrogen) atoms. The number of ether oxygens (including phenoxy) is 1. The first-order valence-corrected chi connectivity index (χ1v) is 5.28. The minimum Gasteiger partial charge on any atom is -0.421 e. The molecule has 0 saturated carbocycles. The van der Waals surface area contributed by atoms with E-state index in [1.54, 1.807) is 6.07 Å². The largest absolute Gasteiger partial charge is 0.421 e. The molecule has 5 heteroatoms. The average molecular weight is 230 g/mol. The molecule has 2 aromatic rings. The Morgan fingerprint density at radius 1 is 1.06 bits per heavy atom. The third kappa shape index (κ3) is 2.50. The summed E-state index contributed by atoms with van der Waals surface area (Å²) in [7, 11) is 0. The van der Waals surface area contributed by atoms with E-state index in [-0.39, 0.29) is 6.01 Å². The zero-order chi connectivity index (χ0) is 12.4. The van der Waals surface area contributed by atoms with Crippen LogP contribution in [0.5, 0.6) is 11.8 Å². The fourth-order valence-electron chi connectivity index (χ4n) is 1.34. The summed E-state index contributed by atoms with van der Waals surface area (Å²) in [5.41, 5.74) is 9.05. The van der Waals surface area contributed by atoms with Crippen LogP contribution in [0.1, 0.15) is 17.0 Å². The summed E-state index contributed by atoms with van der Waals surface area (Å²) in [6.07, 6.45) is 0. The molecule has 1 heterocycles. The Balaban J connectivity index is 2.28. The lowest BCUT2D eigenvalue weighted by atomic mass is 10.2. The smallest absolute Gasteiger partial charge is 0.341 e. The van der Waals surface area contributed by atoms with Crippen molar-refractivity contribution >= 4 is 5.69 Å². The summed E-state index contributed by atoms with van der Waals surface area (Å²) in [5, 5.41) is 7.80. The van der Waals surface area contributed by atoms with Crippen LogP contribution in [-0.2, 0) is 0 Å². The van der Waals surface area contributed by atoms with Crippen molar-refractivity contribution < 1.29 is 4.74 Å². The molecule has 1 aromatic heterocycles. The van der Waals surface area contributed by atoms with Crippen LogP contribution in [0.2, 0.25) is 0 Å². The highest BCUT2D eigenvalue weighted by Gasteiger charge is 2.06. The van der Waals surface area contributed by atoms with Gasteiger partial charge in [-0.3, -0.25) is 0 Å². The van der Waals surface area contributed by atoms with Crippen molar-refractivity contribution in [3.05, 3.63) is 35.2 Å². The summed E-state index contributed by atoms with van der Waals surface area (Å²) >= 11 is 0. The second kappa shape index (κ2) is 4.37. The lowest BCUT2D eigenvalue weighted by Crippen LogP contribution is -2.01. The first-order valence-electron chi connectivity index (χ1n) is 5.28. The van der Waals surface area contributed by atoms with Crippen LogP contribution in [0.3, 0.4) is 0 Å². The van der Waals surface area contributed by atoms with Crippen molar-refractivity contribution in [3.8, 4) is 11.8 Å². The van der Waals surface area contributed by atoms with Gasteiger partial charge in [-0.15, -0.1) is 5.10 Å². The van der Waals surface area contributed by atoms with E-state index < -0.39 is 0 Å². The number of anilines is 1. The molecule has 0 aliphatic heterocycles. The SMILES string of the molecule is Cc1ccc(Oc2nnc(C)c(C)n2)c(N)c1. The molecule has 0 aliphatic rings. The molecule has 88 valence electrons. The molecular weight excluding hydrogens is 216 g/mol. The number of nitrogen functional groups attached to an aromatic ring is 1. The zero-order valence-electron chi connectivity index (χ0n) is 10.1. The van der Waals surface area contributed by atoms with Gasteiger partial charge in [-0.2, -0.15) is 4.98 Å². The summed E-state index contributed by atoms with van der Waals surface area (Å²) in [4.78, 5) is 4.18. The number of nitrogens with two attached hydrogens (primary N) is 1. The monoisotopic (exact) mass is 230 g/mol. The highest BCUT2D eigenvalue weighted by molar-refractivity contribution is 5.54. The normalized spacial score (nSPS) is 10.3. The average Bonchev–Trinajstić information content (AvgIpc) is 2.27. The van der Waals surface area contributed by atoms with Gasteiger partial charge in [0.15, 0.2) is 5.75 Å². The van der Waals surface area contributed by atoms with Crippen molar-refractivity contribution in [1.82, 2.24) is 15.2 Å². The third-order valence-corrected chi connectivity index (χ3v) is 2.44. The molecule has 0 atom stereocenters. The zero-order valence-corrected chi connectivity index (χ0v) is 10.1. The van der Waals surface area contributed by atoms with Gasteiger partial charge in [0, 0.05) is 0 Å². The summed E-state index contributed by atoms with van der Waals surface area (Å²) < 4.78 is 5.49. The Hall–Kier alpha value is -2.17. The third-order valence-electron chi connectivity index (χ3n) is 2.44. The summed E-state index contributed by atoms with van der Waals surface area (Å²) in [6.45, 7) is 5.67. The van der Waals surface area contributed by atoms with E-state index >= 15 is 0 Å². The van der Waals surface area contributed by atoms with Crippen molar-refractivity contribution in [2.45, 2.75) is 20.8 Å². The lowest BCUT2D eigenvalue weighted by Gasteiger charge is -2.07. The van der Waals surface area contributed by atoms with E-state index in [0.29, 0.717) is 11.4 Å². The minimum absolute atomic E-state index is 0.212. The molecule has 1 aromatic carbocycles. The highest BCUT2D eigenvalue weighted by Crippen LogP contribution is 2.25. The maximum absolute atomic E-state index is 5.84. The van der Waals surface area contributed by atoms with Crippen molar-refractivity contribution in [2.24, 2.45) is 0 Å². The van der Waals surface area contributed by atoms with Crippen LogP contribution in [-0.4, -0.2) is 15.2 Å². The van der Waals surface area contributed by atoms with E-state index in [2.05, 4.69) is 15.2 Å². The van der Waals surface area contributed by atoms with E-state index in [9.17, 15) is 0 Å². The first-order chi connectivity index (χ1) is 8.06. The number of hydrogen-bond acceptors (Lipinski definition) is 5. The van der Waals surface area contributed by atoms with E-state index in [1.807, 2.05) is 32.9 Å². The molecule has 0 radical (unpaired) electrons. The van der Waals surface area contributed by atoms with Gasteiger partial charge >= 0.3 is 6.01 Å². The minimum atomic E-state index is 0.212. The van der Waals surface area contributed by atoms with Gasteiger partial charge in [-0.1, -0.05) is 11.2 Å². The molecule has 0 unspecified atom stereocenters. The van der Waals surface area contributed by atoms with Crippen LogP contribution >= 0.6 is 0 Å². The van der Waals surface area contributed by atoms with Gasteiger partial charge in [-0.05, 0) is 38.5 Å². The lowest BCUT2D eigenvalue weighted by molar-refractivity contribution is 0.432. The second-order valence-corrected chi connectivity index (χ2v) is 3.91. The molecule has 0 fully saturated rings. The predicted molar refractivity (Wildman–Crippen MR) is 65.0 cm³/mol. The number of rotatable bonds is 2. The van der Waals surface area contributed by atoms with Crippen molar-refractivity contribution in [1.29, 1.82) is 0 Å². The molecule has 0 bridgehead atoms. The first kappa shape index (κ1) is 11.3. The molecule has 2 rings (SSSR count). The van der Waals surface area contributed by atoms with Crippen LogP contribution in [0, 0.1) is 20.8 Å². The maximum Gasteiger partial charge on any atom is 0.341 e. The van der Waals surface area contributed by atoms with Crippen LogP contribution in [0.25, 0.3) is 0 Å². The number of benzene rings is 1. The molecule has 5 nitrogen and oxygen atoms in total. The molecule has 0 amide bonds. The maximum atomic E-state index is 5.84. The van der Waals surface area contributed by atoms with E-state index in [4.69, 9.17) is 10.5 Å². The molecule has 0 spiro atoms. The Kier molecular flexibility index (Phi) is 2.91. The van der Waals surface area contributed by atoms with Gasteiger partial charge in [0.2, 0.25) is 0 Å². The number of hydrogen-bond donors (Lipinski definition) is 1. The quantitative estimate of drug-likeness (QED) is 0.800. The van der Waals surface area contributed by atoms with Crippen LogP contribution < -0.4 is 10.5 Å². The topological polar surface area (TPSA) is 73.9 Å². The Morgan fingerprint density at radius 3 is 2.47 bits per heavy atom. The second-order valence-electron chi connectivity index (χ2n) is 3.91. The van der Waals surface area contributed by atoms with Crippen molar-refractivity contribution in [2.75, 3.05) is 5.73 Å². The fourth-order valence-corrected chi connectivity index (χ4v) is 1.34.